The largest absolute Gasteiger partial charge is 0.293 e. The quantitative estimate of drug-likeness (QED) is 0.710. The van der Waals surface area contributed by atoms with Crippen molar-refractivity contribution in [2.45, 2.75) is 18.8 Å². The summed E-state index contributed by atoms with van der Waals surface area (Å²) >= 11 is 13.5. The monoisotopic (exact) mass is 296 g/mol. The molecule has 18 heavy (non-hydrogen) atoms. The molecule has 0 spiro atoms. The molecule has 1 aliphatic carbocycles. The molecule has 1 aliphatic rings. The first kappa shape index (κ1) is 12.2. The maximum absolute atomic E-state index is 11.8. The molecule has 4 heteroatoms. The second kappa shape index (κ2) is 4.69. The summed E-state index contributed by atoms with van der Waals surface area (Å²) in [7, 11) is 0. The van der Waals surface area contributed by atoms with E-state index >= 15 is 0 Å². The molecule has 0 N–H and O–H groups in total. The average molecular weight is 297 g/mol. The number of hydrogen-bond donors (Lipinski definition) is 0. The van der Waals surface area contributed by atoms with Crippen LogP contribution in [0.2, 0.25) is 10.0 Å². The van der Waals surface area contributed by atoms with Crippen LogP contribution in [0, 0.1) is 0 Å². The highest BCUT2D eigenvalue weighted by atomic mass is 35.5. The molecule has 1 unspecified atom stereocenters. The summed E-state index contributed by atoms with van der Waals surface area (Å²) in [6.45, 7) is 0. The Labute approximate surface area is 119 Å². The number of benzene rings is 1. The lowest BCUT2D eigenvalue weighted by Crippen LogP contribution is -2.13. The molecule has 1 aromatic heterocycles. The summed E-state index contributed by atoms with van der Waals surface area (Å²) in [6, 6.07) is 7.77. The Morgan fingerprint density at radius 2 is 2.00 bits per heavy atom. The van der Waals surface area contributed by atoms with E-state index in [9.17, 15) is 4.79 Å². The smallest absolute Gasteiger partial charge is 0.173 e. The van der Waals surface area contributed by atoms with Crippen molar-refractivity contribution in [2.75, 3.05) is 0 Å². The van der Waals surface area contributed by atoms with Gasteiger partial charge in [0.25, 0.3) is 0 Å². The summed E-state index contributed by atoms with van der Waals surface area (Å²) in [5, 5.41) is 3.12. The first-order valence-corrected chi connectivity index (χ1v) is 7.36. The lowest BCUT2D eigenvalue weighted by atomic mass is 9.82. The van der Waals surface area contributed by atoms with Crippen molar-refractivity contribution >= 4 is 40.3 Å². The molecule has 0 saturated carbocycles. The minimum atomic E-state index is 0.260. The van der Waals surface area contributed by atoms with E-state index in [1.54, 1.807) is 0 Å². The summed E-state index contributed by atoms with van der Waals surface area (Å²) in [6.07, 6.45) is 1.46. The first-order chi connectivity index (χ1) is 8.66. The third kappa shape index (κ3) is 1.99. The van der Waals surface area contributed by atoms with E-state index in [1.165, 1.54) is 11.3 Å². The van der Waals surface area contributed by atoms with Crippen molar-refractivity contribution in [3.05, 3.63) is 55.7 Å². The average Bonchev–Trinajstić information content (AvgIpc) is 2.83. The maximum atomic E-state index is 11.8. The normalized spacial score (nSPS) is 18.8. The highest BCUT2D eigenvalue weighted by Crippen LogP contribution is 2.40. The zero-order valence-electron chi connectivity index (χ0n) is 9.45. The number of ketones is 1. The molecule has 1 atom stereocenters. The Morgan fingerprint density at radius 1 is 1.17 bits per heavy atom. The van der Waals surface area contributed by atoms with Gasteiger partial charge >= 0.3 is 0 Å². The van der Waals surface area contributed by atoms with E-state index in [2.05, 4.69) is 0 Å². The third-order valence-corrected chi connectivity index (χ3v) is 5.04. The molecule has 1 nitrogen and oxygen atoms in total. The number of Topliss-reactive ketones (excluding diaryl/α,β-unsaturated/α-hetero) is 1. The second-order valence-corrected chi connectivity index (χ2v) is 6.12. The van der Waals surface area contributed by atoms with Gasteiger partial charge in [-0.05, 0) is 41.1 Å². The molecule has 0 amide bonds. The van der Waals surface area contributed by atoms with Gasteiger partial charge in [-0.1, -0.05) is 29.3 Å². The van der Waals surface area contributed by atoms with Crippen LogP contribution >= 0.6 is 34.5 Å². The van der Waals surface area contributed by atoms with Gasteiger partial charge in [0, 0.05) is 12.3 Å². The van der Waals surface area contributed by atoms with Gasteiger partial charge in [0.2, 0.25) is 0 Å². The first-order valence-electron chi connectivity index (χ1n) is 5.72. The van der Waals surface area contributed by atoms with E-state index in [4.69, 9.17) is 23.2 Å². The van der Waals surface area contributed by atoms with Crippen molar-refractivity contribution in [3.8, 4) is 0 Å². The predicted molar refractivity (Wildman–Crippen MR) is 76.2 cm³/mol. The van der Waals surface area contributed by atoms with Gasteiger partial charge < -0.3 is 0 Å². The SMILES string of the molecule is O=C1CCC(c2ccc(Cl)c(Cl)c2)c2ccsc21. The molecule has 0 aliphatic heterocycles. The van der Waals surface area contributed by atoms with Crippen LogP contribution in [0.5, 0.6) is 0 Å². The molecule has 3 rings (SSSR count). The van der Waals surface area contributed by atoms with Crippen molar-refractivity contribution in [3.63, 3.8) is 0 Å². The predicted octanol–water partition coefficient (Wildman–Crippen LogP) is 5.16. The van der Waals surface area contributed by atoms with E-state index in [0.717, 1.165) is 22.4 Å². The number of carbonyl (C=O) groups is 1. The van der Waals surface area contributed by atoms with Gasteiger partial charge in [0.1, 0.15) is 0 Å². The molecule has 0 radical (unpaired) electrons. The minimum absolute atomic E-state index is 0.260. The van der Waals surface area contributed by atoms with Gasteiger partial charge in [-0.25, -0.2) is 0 Å². The van der Waals surface area contributed by atoms with Gasteiger partial charge in [0.15, 0.2) is 5.78 Å². The van der Waals surface area contributed by atoms with Gasteiger partial charge in [-0.2, -0.15) is 0 Å². The molecule has 92 valence electrons. The third-order valence-electron chi connectivity index (χ3n) is 3.33. The minimum Gasteiger partial charge on any atom is -0.293 e. The summed E-state index contributed by atoms with van der Waals surface area (Å²) in [5.74, 6) is 0.523. The molecule has 2 aromatic rings. The van der Waals surface area contributed by atoms with Crippen molar-refractivity contribution in [1.82, 2.24) is 0 Å². The van der Waals surface area contributed by atoms with Gasteiger partial charge in [0.05, 0.1) is 14.9 Å². The number of rotatable bonds is 1. The Balaban J connectivity index is 2.06. The highest BCUT2D eigenvalue weighted by Gasteiger charge is 2.27. The fraction of sp³-hybridized carbons (Fsp3) is 0.214. The van der Waals surface area contributed by atoms with Crippen LogP contribution < -0.4 is 0 Å². The lowest BCUT2D eigenvalue weighted by Gasteiger charge is -2.22. The van der Waals surface area contributed by atoms with Crippen molar-refractivity contribution < 1.29 is 4.79 Å². The fourth-order valence-corrected chi connectivity index (χ4v) is 3.68. The Hall–Kier alpha value is -0.830. The van der Waals surface area contributed by atoms with Gasteiger partial charge in [-0.15, -0.1) is 11.3 Å². The van der Waals surface area contributed by atoms with Crippen molar-refractivity contribution in [2.24, 2.45) is 0 Å². The number of fused-ring (bicyclic) bond motifs is 1. The molecule has 1 heterocycles. The number of hydrogen-bond acceptors (Lipinski definition) is 2. The Morgan fingerprint density at radius 3 is 2.78 bits per heavy atom. The van der Waals surface area contributed by atoms with Crippen LogP contribution in [0.3, 0.4) is 0 Å². The molecule has 1 aromatic carbocycles. The Kier molecular flexibility index (Phi) is 3.18. The molecular weight excluding hydrogens is 287 g/mol. The molecule has 0 saturated heterocycles. The summed E-state index contributed by atoms with van der Waals surface area (Å²) in [5.41, 5.74) is 2.27. The topological polar surface area (TPSA) is 17.1 Å². The van der Waals surface area contributed by atoms with Crippen LogP contribution in [0.1, 0.15) is 39.6 Å². The number of carbonyl (C=O) groups excluding carboxylic acids is 1. The van der Waals surface area contributed by atoms with E-state index in [1.807, 2.05) is 29.6 Å². The standard InChI is InChI=1S/C14H10Cl2OS/c15-11-3-1-8(7-12(11)16)9-2-4-13(17)14-10(9)5-6-18-14/h1,3,5-7,9H,2,4H2. The van der Waals surface area contributed by atoms with Crippen LogP contribution in [-0.4, -0.2) is 5.78 Å². The van der Waals surface area contributed by atoms with Crippen molar-refractivity contribution in [1.29, 1.82) is 0 Å². The zero-order valence-corrected chi connectivity index (χ0v) is 11.8. The second-order valence-electron chi connectivity index (χ2n) is 4.39. The van der Waals surface area contributed by atoms with E-state index < -0.39 is 0 Å². The van der Waals surface area contributed by atoms with E-state index in [0.29, 0.717) is 16.5 Å². The molecule has 0 fully saturated rings. The molecule has 0 bridgehead atoms. The number of thiophene rings is 1. The molecular formula is C14H10Cl2OS. The van der Waals surface area contributed by atoms with Gasteiger partial charge in [-0.3, -0.25) is 4.79 Å². The van der Waals surface area contributed by atoms with E-state index in [-0.39, 0.29) is 11.7 Å². The van der Waals surface area contributed by atoms with Crippen LogP contribution in [-0.2, 0) is 0 Å². The number of halogens is 2. The highest BCUT2D eigenvalue weighted by molar-refractivity contribution is 7.12. The zero-order chi connectivity index (χ0) is 12.7. The summed E-state index contributed by atoms with van der Waals surface area (Å²) in [4.78, 5) is 12.7. The fourth-order valence-electron chi connectivity index (χ4n) is 2.44. The van der Waals surface area contributed by atoms with Crippen LogP contribution in [0.4, 0.5) is 0 Å². The van der Waals surface area contributed by atoms with Crippen LogP contribution in [0.25, 0.3) is 0 Å². The maximum Gasteiger partial charge on any atom is 0.173 e. The summed E-state index contributed by atoms with van der Waals surface area (Å²) < 4.78 is 0. The lowest BCUT2D eigenvalue weighted by molar-refractivity contribution is 0.0974. The van der Waals surface area contributed by atoms with Crippen LogP contribution in [0.15, 0.2) is 29.6 Å². The Bertz CT molecular complexity index is 618.